The van der Waals surface area contributed by atoms with Gasteiger partial charge in [-0.1, -0.05) is 48.0 Å². The van der Waals surface area contributed by atoms with Crippen molar-refractivity contribution >= 4 is 35.2 Å². The average Bonchev–Trinajstić information content (AvgIpc) is 2.67. The summed E-state index contributed by atoms with van der Waals surface area (Å²) in [5, 5.41) is 3.27. The zero-order chi connectivity index (χ0) is 22.3. The van der Waals surface area contributed by atoms with Crippen LogP contribution in [0.5, 0.6) is 0 Å². The van der Waals surface area contributed by atoms with Crippen molar-refractivity contribution in [3.8, 4) is 0 Å². The largest absolute Gasteiger partial charge is 0.350 e. The first-order valence-corrected chi connectivity index (χ1v) is 11.3. The minimum absolute atomic E-state index is 0.116. The Balaban J connectivity index is 2.10. The van der Waals surface area contributed by atoms with Gasteiger partial charge in [0.05, 0.1) is 5.75 Å². The Morgan fingerprint density at radius 1 is 1.13 bits per heavy atom. The van der Waals surface area contributed by atoms with Gasteiger partial charge in [-0.3, -0.25) is 9.59 Å². The maximum Gasteiger partial charge on any atom is 0.242 e. The van der Waals surface area contributed by atoms with Crippen molar-refractivity contribution in [1.82, 2.24) is 10.2 Å². The molecule has 7 heteroatoms. The van der Waals surface area contributed by atoms with Gasteiger partial charge in [0.2, 0.25) is 11.8 Å². The summed E-state index contributed by atoms with van der Waals surface area (Å²) in [4.78, 5) is 27.3. The topological polar surface area (TPSA) is 49.4 Å². The second-order valence-corrected chi connectivity index (χ2v) is 9.51. The van der Waals surface area contributed by atoms with E-state index in [1.165, 1.54) is 17.8 Å². The average molecular weight is 451 g/mol. The van der Waals surface area contributed by atoms with Crippen LogP contribution in [0.3, 0.4) is 0 Å². The molecule has 0 heterocycles. The Labute approximate surface area is 187 Å². The molecule has 0 bridgehead atoms. The molecule has 0 aromatic heterocycles. The molecule has 4 nitrogen and oxygen atoms in total. The molecule has 1 N–H and O–H groups in total. The van der Waals surface area contributed by atoms with Crippen LogP contribution in [0.15, 0.2) is 48.5 Å². The molecule has 2 rings (SSSR count). The summed E-state index contributed by atoms with van der Waals surface area (Å²) >= 11 is 7.34. The predicted octanol–water partition coefficient (Wildman–Crippen LogP) is 5.04. The van der Waals surface area contributed by atoms with E-state index in [0.717, 1.165) is 5.56 Å². The van der Waals surface area contributed by atoms with E-state index in [4.69, 9.17) is 11.6 Å². The lowest BCUT2D eigenvalue weighted by atomic mass is 10.1. The molecule has 0 saturated heterocycles. The summed E-state index contributed by atoms with van der Waals surface area (Å²) in [5.74, 6) is -0.396. The number of amides is 2. The lowest BCUT2D eigenvalue weighted by Crippen LogP contribution is -2.52. The fourth-order valence-electron chi connectivity index (χ4n) is 2.83. The lowest BCUT2D eigenvalue weighted by Gasteiger charge is -2.31. The molecule has 0 aliphatic carbocycles. The van der Waals surface area contributed by atoms with Crippen molar-refractivity contribution in [2.45, 2.75) is 51.6 Å². The van der Waals surface area contributed by atoms with Crippen LogP contribution in [0.2, 0.25) is 5.02 Å². The first kappa shape index (κ1) is 24.2. The molecule has 162 valence electrons. The van der Waals surface area contributed by atoms with Gasteiger partial charge < -0.3 is 10.2 Å². The summed E-state index contributed by atoms with van der Waals surface area (Å²) in [7, 11) is 0. The van der Waals surface area contributed by atoms with E-state index in [9.17, 15) is 14.0 Å². The zero-order valence-electron chi connectivity index (χ0n) is 17.7. The number of hydrogen-bond donors (Lipinski definition) is 1. The number of nitrogens with zero attached hydrogens (tertiary/aromatic N) is 1. The maximum absolute atomic E-state index is 14.0. The molecule has 2 aromatic carbocycles. The van der Waals surface area contributed by atoms with E-state index in [2.05, 4.69) is 5.32 Å². The molecule has 0 fully saturated rings. The van der Waals surface area contributed by atoms with Gasteiger partial charge in [0.25, 0.3) is 0 Å². The van der Waals surface area contributed by atoms with Crippen molar-refractivity contribution < 1.29 is 14.0 Å². The second kappa shape index (κ2) is 10.8. The molecule has 0 aliphatic rings. The van der Waals surface area contributed by atoms with E-state index in [-0.39, 0.29) is 29.1 Å². The standard InChI is InChI=1S/C23H28ClFN2O2S/c1-16(22(29)26-23(2,3)4)27(13-17-9-6-5-7-10-17)21(28)15-30-14-18-19(24)11-8-12-20(18)25/h5-12,16H,13-15H2,1-4H3,(H,26,29)/t16-/m1/s1. The van der Waals surface area contributed by atoms with Gasteiger partial charge in [0.1, 0.15) is 11.9 Å². The van der Waals surface area contributed by atoms with Crippen molar-refractivity contribution in [1.29, 1.82) is 0 Å². The molecule has 1 atom stereocenters. The predicted molar refractivity (Wildman–Crippen MR) is 122 cm³/mol. The highest BCUT2D eigenvalue weighted by atomic mass is 35.5. The van der Waals surface area contributed by atoms with Crippen LogP contribution in [-0.2, 0) is 21.9 Å². The normalized spacial score (nSPS) is 12.3. The minimum Gasteiger partial charge on any atom is -0.350 e. The molecule has 30 heavy (non-hydrogen) atoms. The van der Waals surface area contributed by atoms with E-state index in [0.29, 0.717) is 17.1 Å². The molecule has 0 spiro atoms. The third kappa shape index (κ3) is 7.33. The summed E-state index contributed by atoms with van der Waals surface area (Å²) in [5.41, 5.74) is 0.914. The van der Waals surface area contributed by atoms with Gasteiger partial charge in [-0.25, -0.2) is 4.39 Å². The van der Waals surface area contributed by atoms with Crippen molar-refractivity contribution in [2.75, 3.05) is 5.75 Å². The fraction of sp³-hybridized carbons (Fsp3) is 0.391. The number of nitrogens with one attached hydrogen (secondary N) is 1. The summed E-state index contributed by atoms with van der Waals surface area (Å²) in [6.45, 7) is 7.73. The second-order valence-electron chi connectivity index (χ2n) is 8.12. The summed E-state index contributed by atoms with van der Waals surface area (Å²) < 4.78 is 14.0. The van der Waals surface area contributed by atoms with Crippen molar-refractivity contribution in [2.24, 2.45) is 0 Å². The van der Waals surface area contributed by atoms with E-state index in [1.807, 2.05) is 51.1 Å². The number of halogens is 2. The molecular weight excluding hydrogens is 423 g/mol. The van der Waals surface area contributed by atoms with E-state index in [1.54, 1.807) is 24.0 Å². The number of hydrogen-bond acceptors (Lipinski definition) is 3. The Hall–Kier alpha value is -2.05. The molecule has 0 aliphatic heterocycles. The lowest BCUT2D eigenvalue weighted by molar-refractivity contribution is -0.139. The van der Waals surface area contributed by atoms with Crippen LogP contribution in [-0.4, -0.2) is 34.0 Å². The smallest absolute Gasteiger partial charge is 0.242 e. The van der Waals surface area contributed by atoms with E-state index >= 15 is 0 Å². The number of carbonyl (C=O) groups excluding carboxylic acids is 2. The third-order valence-corrected chi connectivity index (χ3v) is 5.69. The molecule has 0 unspecified atom stereocenters. The SMILES string of the molecule is C[C@H](C(=O)NC(C)(C)C)N(Cc1ccccc1)C(=O)CSCc1c(F)cccc1Cl. The Kier molecular flexibility index (Phi) is 8.74. The quantitative estimate of drug-likeness (QED) is 0.612. The monoisotopic (exact) mass is 450 g/mol. The van der Waals surface area contributed by atoms with Gasteiger partial charge in [-0.05, 0) is 45.4 Å². The highest BCUT2D eigenvalue weighted by molar-refractivity contribution is 7.99. The third-order valence-electron chi connectivity index (χ3n) is 4.39. The highest BCUT2D eigenvalue weighted by Gasteiger charge is 2.28. The van der Waals surface area contributed by atoms with Gasteiger partial charge in [-0.2, -0.15) is 0 Å². The van der Waals surface area contributed by atoms with Crippen LogP contribution in [0.4, 0.5) is 4.39 Å². The number of thioether (sulfide) groups is 1. The Morgan fingerprint density at radius 3 is 2.40 bits per heavy atom. The van der Waals surface area contributed by atoms with Gasteiger partial charge in [0.15, 0.2) is 0 Å². The van der Waals surface area contributed by atoms with Gasteiger partial charge in [0, 0.05) is 28.4 Å². The molecular formula is C23H28ClFN2O2S. The molecule has 0 radical (unpaired) electrons. The van der Waals surface area contributed by atoms with Crippen molar-refractivity contribution in [3.63, 3.8) is 0 Å². The minimum atomic E-state index is -0.644. The summed E-state index contributed by atoms with van der Waals surface area (Å²) in [6, 6.07) is 13.4. The zero-order valence-corrected chi connectivity index (χ0v) is 19.3. The van der Waals surface area contributed by atoms with Crippen molar-refractivity contribution in [3.05, 3.63) is 70.5 Å². The van der Waals surface area contributed by atoms with Crippen LogP contribution < -0.4 is 5.32 Å². The fourth-order valence-corrected chi connectivity index (χ4v) is 4.08. The first-order valence-electron chi connectivity index (χ1n) is 9.74. The first-order chi connectivity index (χ1) is 14.1. The van der Waals surface area contributed by atoms with Gasteiger partial charge in [-0.15, -0.1) is 11.8 Å². The van der Waals surface area contributed by atoms with Crippen LogP contribution in [0, 0.1) is 5.82 Å². The molecule has 2 amide bonds. The number of benzene rings is 2. The number of carbonyl (C=O) groups is 2. The summed E-state index contributed by atoms with van der Waals surface area (Å²) in [6.07, 6.45) is 0. The van der Waals surface area contributed by atoms with Crippen LogP contribution in [0.1, 0.15) is 38.8 Å². The van der Waals surface area contributed by atoms with Crippen LogP contribution >= 0.6 is 23.4 Å². The maximum atomic E-state index is 14.0. The Morgan fingerprint density at radius 2 is 1.80 bits per heavy atom. The molecule has 0 saturated carbocycles. The van der Waals surface area contributed by atoms with Gasteiger partial charge >= 0.3 is 0 Å². The van der Waals surface area contributed by atoms with E-state index < -0.39 is 11.6 Å². The highest BCUT2D eigenvalue weighted by Crippen LogP contribution is 2.24. The number of rotatable bonds is 8. The van der Waals surface area contributed by atoms with Crippen LogP contribution in [0.25, 0.3) is 0 Å². The molecule has 2 aromatic rings. The Bertz CT molecular complexity index is 851.